The Labute approximate surface area is 158 Å². The van der Waals surface area contributed by atoms with Gasteiger partial charge in [-0.2, -0.15) is 15.5 Å². The summed E-state index contributed by atoms with van der Waals surface area (Å²) in [7, 11) is 0. The molecule has 0 saturated carbocycles. The van der Waals surface area contributed by atoms with E-state index in [0.717, 1.165) is 56.8 Å². The van der Waals surface area contributed by atoms with Crippen LogP contribution in [-0.4, -0.2) is 51.7 Å². The van der Waals surface area contributed by atoms with Crippen LogP contribution in [-0.2, 0) is 11.2 Å². The first-order chi connectivity index (χ1) is 13.2. The number of nitrogens with zero attached hydrogens (tertiary/aromatic N) is 6. The van der Waals surface area contributed by atoms with E-state index in [9.17, 15) is 4.79 Å². The number of hydrogen-bond acceptors (Lipinski definition) is 6. The molecule has 2 atom stereocenters. The zero-order valence-electron chi connectivity index (χ0n) is 15.2. The van der Waals surface area contributed by atoms with E-state index in [0.29, 0.717) is 11.5 Å². The number of carbonyl (C=O) groups is 1. The van der Waals surface area contributed by atoms with Crippen LogP contribution >= 0.6 is 0 Å². The van der Waals surface area contributed by atoms with Crippen molar-refractivity contribution in [1.82, 2.24) is 20.1 Å². The molecule has 0 N–H and O–H groups in total. The van der Waals surface area contributed by atoms with E-state index in [4.69, 9.17) is 5.26 Å². The second-order valence-electron chi connectivity index (χ2n) is 7.19. The monoisotopic (exact) mass is 362 g/mol. The van der Waals surface area contributed by atoms with Crippen LogP contribution in [0.4, 0.5) is 5.82 Å². The minimum absolute atomic E-state index is 0.112. The van der Waals surface area contributed by atoms with Gasteiger partial charge in [-0.15, -0.1) is 0 Å². The van der Waals surface area contributed by atoms with Gasteiger partial charge in [0, 0.05) is 37.9 Å². The van der Waals surface area contributed by atoms with E-state index < -0.39 is 0 Å². The number of anilines is 1. The number of nitriles is 1. The van der Waals surface area contributed by atoms with Gasteiger partial charge in [-0.1, -0.05) is 0 Å². The third kappa shape index (κ3) is 3.75. The summed E-state index contributed by atoms with van der Waals surface area (Å²) in [6, 6.07) is 9.92. The molecule has 2 aromatic heterocycles. The minimum Gasteiger partial charge on any atom is -0.353 e. The van der Waals surface area contributed by atoms with Crippen molar-refractivity contribution >= 4 is 11.7 Å². The maximum absolute atomic E-state index is 12.7. The molecular weight excluding hydrogens is 340 g/mol. The summed E-state index contributed by atoms with van der Waals surface area (Å²) in [5.74, 6) is 1.29. The second kappa shape index (κ2) is 7.70. The molecule has 138 valence electrons. The van der Waals surface area contributed by atoms with Crippen LogP contribution in [0, 0.1) is 17.2 Å². The van der Waals surface area contributed by atoms with Crippen molar-refractivity contribution in [3.8, 4) is 6.07 Å². The summed E-state index contributed by atoms with van der Waals surface area (Å²) in [6.45, 7) is 2.34. The van der Waals surface area contributed by atoms with E-state index in [1.54, 1.807) is 18.5 Å². The van der Waals surface area contributed by atoms with Crippen LogP contribution in [0.1, 0.15) is 30.5 Å². The molecule has 0 bridgehead atoms. The fourth-order valence-corrected chi connectivity index (χ4v) is 4.10. The largest absolute Gasteiger partial charge is 0.353 e. The predicted octanol–water partition coefficient (Wildman–Crippen LogP) is 1.80. The highest BCUT2D eigenvalue weighted by Gasteiger charge is 2.42. The molecule has 2 aliphatic heterocycles. The molecule has 2 aliphatic rings. The lowest BCUT2D eigenvalue weighted by Crippen LogP contribution is -2.51. The standard InChI is InChI=1S/C20H22N6O/c21-12-15-6-7-19(22-13-15)25-9-10-26-18(14-25)11-16(20(26)27)3-1-4-17-5-2-8-23-24-17/h2,5-8,13,16,18H,1,3-4,9-11,14H2/t16-,18-/m0/s1. The van der Waals surface area contributed by atoms with Crippen molar-refractivity contribution in [2.75, 3.05) is 24.5 Å². The number of hydrogen-bond donors (Lipinski definition) is 0. The van der Waals surface area contributed by atoms with Crippen molar-refractivity contribution < 1.29 is 4.79 Å². The smallest absolute Gasteiger partial charge is 0.226 e. The molecule has 0 spiro atoms. The molecule has 2 fully saturated rings. The molecule has 0 aliphatic carbocycles. The van der Waals surface area contributed by atoms with Gasteiger partial charge >= 0.3 is 0 Å². The molecule has 0 aromatic carbocycles. The molecule has 0 unspecified atom stereocenters. The predicted molar refractivity (Wildman–Crippen MR) is 99.7 cm³/mol. The van der Waals surface area contributed by atoms with Crippen LogP contribution in [0.5, 0.6) is 0 Å². The topological polar surface area (TPSA) is 86.0 Å². The number of rotatable bonds is 5. The minimum atomic E-state index is 0.112. The summed E-state index contributed by atoms with van der Waals surface area (Å²) in [6.07, 6.45) is 6.91. The Hall–Kier alpha value is -3.01. The molecule has 4 rings (SSSR count). The van der Waals surface area contributed by atoms with Gasteiger partial charge in [0.2, 0.25) is 5.91 Å². The molecule has 27 heavy (non-hydrogen) atoms. The summed E-state index contributed by atoms with van der Waals surface area (Å²) in [5.41, 5.74) is 1.55. The molecule has 2 aromatic rings. The number of aryl methyl sites for hydroxylation is 1. The highest BCUT2D eigenvalue weighted by molar-refractivity contribution is 5.82. The Bertz CT molecular complexity index is 832. The lowest BCUT2D eigenvalue weighted by molar-refractivity contribution is -0.132. The van der Waals surface area contributed by atoms with E-state index in [2.05, 4.69) is 26.2 Å². The van der Waals surface area contributed by atoms with Crippen molar-refractivity contribution in [3.05, 3.63) is 47.9 Å². The van der Waals surface area contributed by atoms with Gasteiger partial charge < -0.3 is 9.80 Å². The lowest BCUT2D eigenvalue weighted by atomic mass is 9.97. The SMILES string of the molecule is N#Cc1ccc(N2CCN3C(=O)[C@@H](CCCc4cccnn4)C[C@H]3C2)nc1. The molecule has 2 saturated heterocycles. The second-order valence-corrected chi connectivity index (χ2v) is 7.19. The van der Waals surface area contributed by atoms with E-state index >= 15 is 0 Å². The summed E-state index contributed by atoms with van der Waals surface area (Å²) in [4.78, 5) is 21.4. The van der Waals surface area contributed by atoms with Crippen molar-refractivity contribution in [1.29, 1.82) is 5.26 Å². The number of amides is 1. The lowest BCUT2D eigenvalue weighted by Gasteiger charge is -2.38. The number of carbonyl (C=O) groups excluding carboxylic acids is 1. The molecular formula is C20H22N6O. The first kappa shape index (κ1) is 17.4. The maximum Gasteiger partial charge on any atom is 0.226 e. The van der Waals surface area contributed by atoms with Gasteiger partial charge in [0.15, 0.2) is 0 Å². The normalized spacial score (nSPS) is 21.8. The first-order valence-electron chi connectivity index (χ1n) is 9.43. The van der Waals surface area contributed by atoms with Crippen LogP contribution in [0.15, 0.2) is 36.7 Å². The van der Waals surface area contributed by atoms with Crippen molar-refractivity contribution in [2.24, 2.45) is 5.92 Å². The summed E-state index contributed by atoms with van der Waals surface area (Å²) >= 11 is 0. The van der Waals surface area contributed by atoms with Gasteiger partial charge in [-0.3, -0.25) is 4.79 Å². The van der Waals surface area contributed by atoms with Crippen LogP contribution in [0.25, 0.3) is 0 Å². The Balaban J connectivity index is 1.33. The van der Waals surface area contributed by atoms with Crippen LogP contribution < -0.4 is 4.90 Å². The highest BCUT2D eigenvalue weighted by Crippen LogP contribution is 2.32. The Kier molecular flexibility index (Phi) is 4.97. The molecule has 4 heterocycles. The first-order valence-corrected chi connectivity index (χ1v) is 9.43. The van der Waals surface area contributed by atoms with Crippen LogP contribution in [0.3, 0.4) is 0 Å². The summed E-state index contributed by atoms with van der Waals surface area (Å²) in [5, 5.41) is 16.9. The number of piperazine rings is 1. The quantitative estimate of drug-likeness (QED) is 0.806. The molecule has 0 radical (unpaired) electrons. The van der Waals surface area contributed by atoms with Gasteiger partial charge in [0.25, 0.3) is 0 Å². The molecule has 7 nitrogen and oxygen atoms in total. The zero-order valence-corrected chi connectivity index (χ0v) is 15.2. The summed E-state index contributed by atoms with van der Waals surface area (Å²) < 4.78 is 0. The van der Waals surface area contributed by atoms with Crippen molar-refractivity contribution in [3.63, 3.8) is 0 Å². The van der Waals surface area contributed by atoms with Crippen LogP contribution in [0.2, 0.25) is 0 Å². The van der Waals surface area contributed by atoms with E-state index in [-0.39, 0.29) is 12.0 Å². The fourth-order valence-electron chi connectivity index (χ4n) is 4.10. The van der Waals surface area contributed by atoms with Gasteiger partial charge in [0.1, 0.15) is 11.9 Å². The molecule has 1 amide bonds. The Morgan fingerprint density at radius 1 is 1.26 bits per heavy atom. The van der Waals surface area contributed by atoms with E-state index in [1.165, 1.54) is 0 Å². The molecule has 7 heteroatoms. The number of fused-ring (bicyclic) bond motifs is 1. The van der Waals surface area contributed by atoms with Gasteiger partial charge in [-0.05, 0) is 49.9 Å². The van der Waals surface area contributed by atoms with E-state index in [1.807, 2.05) is 23.1 Å². The number of aromatic nitrogens is 3. The van der Waals surface area contributed by atoms with Gasteiger partial charge in [0.05, 0.1) is 17.3 Å². The average molecular weight is 362 g/mol. The third-order valence-electron chi connectivity index (χ3n) is 5.49. The zero-order chi connectivity index (χ0) is 18.6. The Morgan fingerprint density at radius 2 is 2.19 bits per heavy atom. The third-order valence-corrected chi connectivity index (χ3v) is 5.49. The number of pyridine rings is 1. The van der Waals surface area contributed by atoms with Gasteiger partial charge in [-0.25, -0.2) is 4.98 Å². The highest BCUT2D eigenvalue weighted by atomic mass is 16.2. The maximum atomic E-state index is 12.7. The Morgan fingerprint density at radius 3 is 2.93 bits per heavy atom. The fraction of sp³-hybridized carbons (Fsp3) is 0.450. The average Bonchev–Trinajstić information content (AvgIpc) is 3.04. The van der Waals surface area contributed by atoms with Crippen molar-refractivity contribution in [2.45, 2.75) is 31.7 Å².